The molecule has 1 aliphatic rings. The molecule has 5 heteroatoms. The number of carbonyl (C=O) groups is 1. The van der Waals surface area contributed by atoms with Crippen molar-refractivity contribution in [1.82, 2.24) is 4.90 Å². The Morgan fingerprint density at radius 1 is 1.47 bits per heavy atom. The number of hydrogen-bond donors (Lipinski definition) is 1. The lowest BCUT2D eigenvalue weighted by molar-refractivity contribution is -0.141. The lowest BCUT2D eigenvalue weighted by atomic mass is 9.86. The summed E-state index contributed by atoms with van der Waals surface area (Å²) in [6.07, 6.45) is -0.0591. The maximum atomic E-state index is 13.4. The highest BCUT2D eigenvalue weighted by atomic mass is 19.1. The van der Waals surface area contributed by atoms with Crippen LogP contribution >= 0.6 is 0 Å². The van der Waals surface area contributed by atoms with Gasteiger partial charge in [0.15, 0.2) is 0 Å². The molecule has 19 heavy (non-hydrogen) atoms. The average Bonchev–Trinajstić information content (AvgIpc) is 2.39. The van der Waals surface area contributed by atoms with Crippen molar-refractivity contribution < 1.29 is 19.0 Å². The van der Waals surface area contributed by atoms with E-state index in [0.717, 1.165) is 0 Å². The second kappa shape index (κ2) is 5.67. The summed E-state index contributed by atoms with van der Waals surface area (Å²) in [6, 6.07) is 6.18. The van der Waals surface area contributed by atoms with Crippen molar-refractivity contribution in [2.24, 2.45) is 0 Å². The molecule has 1 aliphatic heterocycles. The first-order valence-electron chi connectivity index (χ1n) is 6.33. The minimum absolute atomic E-state index is 0.0591. The highest BCUT2D eigenvalue weighted by Gasteiger charge is 2.37. The number of ether oxygens (including phenoxy) is 1. The number of benzene rings is 1. The van der Waals surface area contributed by atoms with E-state index in [-0.39, 0.29) is 12.2 Å². The Morgan fingerprint density at radius 2 is 2.16 bits per heavy atom. The Morgan fingerprint density at radius 3 is 2.74 bits per heavy atom. The molecule has 0 spiro atoms. The average molecular weight is 267 g/mol. The number of rotatable bonds is 4. The van der Waals surface area contributed by atoms with Gasteiger partial charge in [0.1, 0.15) is 5.82 Å². The molecule has 1 saturated heterocycles. The Hall–Kier alpha value is -1.46. The van der Waals surface area contributed by atoms with Gasteiger partial charge in [0, 0.05) is 13.1 Å². The van der Waals surface area contributed by atoms with Crippen LogP contribution in [-0.4, -0.2) is 42.3 Å². The SMILES string of the molecule is CC(CC(=O)O)(c1cccc(F)c1)N1CCOCC1. The van der Waals surface area contributed by atoms with Gasteiger partial charge < -0.3 is 9.84 Å². The lowest BCUT2D eigenvalue weighted by Crippen LogP contribution is -2.50. The summed E-state index contributed by atoms with van der Waals surface area (Å²) < 4.78 is 18.7. The van der Waals surface area contributed by atoms with Crippen molar-refractivity contribution in [3.8, 4) is 0 Å². The monoisotopic (exact) mass is 267 g/mol. The molecule has 0 aliphatic carbocycles. The molecule has 1 atom stereocenters. The van der Waals surface area contributed by atoms with Crippen molar-refractivity contribution in [2.75, 3.05) is 26.3 Å². The molecule has 0 aromatic heterocycles. The second-order valence-electron chi connectivity index (χ2n) is 4.95. The van der Waals surface area contributed by atoms with Gasteiger partial charge in [0.05, 0.1) is 25.2 Å². The van der Waals surface area contributed by atoms with Gasteiger partial charge in [0.2, 0.25) is 0 Å². The highest BCUT2D eigenvalue weighted by Crippen LogP contribution is 2.33. The van der Waals surface area contributed by atoms with Crippen LogP contribution in [0.2, 0.25) is 0 Å². The van der Waals surface area contributed by atoms with Crippen LogP contribution in [0.1, 0.15) is 18.9 Å². The van der Waals surface area contributed by atoms with Gasteiger partial charge in [0.25, 0.3) is 0 Å². The van der Waals surface area contributed by atoms with Crippen LogP contribution < -0.4 is 0 Å². The largest absolute Gasteiger partial charge is 0.481 e. The topological polar surface area (TPSA) is 49.8 Å². The fourth-order valence-electron chi connectivity index (χ4n) is 2.57. The van der Waals surface area contributed by atoms with Crippen LogP contribution in [0.3, 0.4) is 0 Å². The van der Waals surface area contributed by atoms with E-state index in [1.165, 1.54) is 12.1 Å². The van der Waals surface area contributed by atoms with E-state index in [2.05, 4.69) is 4.90 Å². The molecule has 0 radical (unpaired) electrons. The number of nitrogens with zero attached hydrogens (tertiary/aromatic N) is 1. The van der Waals surface area contributed by atoms with Crippen molar-refractivity contribution in [1.29, 1.82) is 0 Å². The van der Waals surface area contributed by atoms with Crippen LogP contribution in [0.15, 0.2) is 24.3 Å². The molecule has 1 N–H and O–H groups in total. The van der Waals surface area contributed by atoms with E-state index in [4.69, 9.17) is 9.84 Å². The summed E-state index contributed by atoms with van der Waals surface area (Å²) in [4.78, 5) is 13.2. The summed E-state index contributed by atoms with van der Waals surface area (Å²) >= 11 is 0. The number of aliphatic carboxylic acids is 1. The molecular formula is C14H18FNO3. The maximum absolute atomic E-state index is 13.4. The Kier molecular flexibility index (Phi) is 4.17. The zero-order valence-corrected chi connectivity index (χ0v) is 10.9. The van der Waals surface area contributed by atoms with Crippen LogP contribution in [0, 0.1) is 5.82 Å². The molecule has 1 fully saturated rings. The van der Waals surface area contributed by atoms with Gasteiger partial charge >= 0.3 is 5.97 Å². The third-order valence-electron chi connectivity index (χ3n) is 3.65. The molecule has 1 aromatic carbocycles. The second-order valence-corrected chi connectivity index (χ2v) is 4.95. The number of hydrogen-bond acceptors (Lipinski definition) is 3. The predicted molar refractivity (Wildman–Crippen MR) is 68.4 cm³/mol. The molecule has 2 rings (SSSR count). The normalized spacial score (nSPS) is 19.9. The molecule has 1 unspecified atom stereocenters. The van der Waals surface area contributed by atoms with Crippen LogP contribution in [0.25, 0.3) is 0 Å². The first kappa shape index (κ1) is 14.0. The number of morpholine rings is 1. The van der Waals surface area contributed by atoms with E-state index in [1.54, 1.807) is 12.1 Å². The van der Waals surface area contributed by atoms with Gasteiger partial charge in [-0.25, -0.2) is 4.39 Å². The van der Waals surface area contributed by atoms with Crippen LogP contribution in [0.4, 0.5) is 4.39 Å². The fraction of sp³-hybridized carbons (Fsp3) is 0.500. The predicted octanol–water partition coefficient (Wildman–Crippen LogP) is 1.85. The third kappa shape index (κ3) is 3.11. The quantitative estimate of drug-likeness (QED) is 0.904. The first-order valence-corrected chi connectivity index (χ1v) is 6.33. The van der Waals surface area contributed by atoms with Crippen molar-refractivity contribution in [3.63, 3.8) is 0 Å². The minimum atomic E-state index is -0.891. The van der Waals surface area contributed by atoms with Gasteiger partial charge in [-0.1, -0.05) is 12.1 Å². The minimum Gasteiger partial charge on any atom is -0.481 e. The van der Waals surface area contributed by atoms with Gasteiger partial charge in [-0.2, -0.15) is 0 Å². The van der Waals surface area contributed by atoms with Crippen LogP contribution in [0.5, 0.6) is 0 Å². The van der Waals surface area contributed by atoms with Gasteiger partial charge in [-0.3, -0.25) is 9.69 Å². The molecule has 0 bridgehead atoms. The zero-order chi connectivity index (χ0) is 13.9. The summed E-state index contributed by atoms with van der Waals surface area (Å²) in [7, 11) is 0. The molecular weight excluding hydrogens is 249 g/mol. The van der Waals surface area contributed by atoms with E-state index < -0.39 is 11.5 Å². The standard InChI is InChI=1S/C14H18FNO3/c1-14(10-13(17)18,16-5-7-19-8-6-16)11-3-2-4-12(15)9-11/h2-4,9H,5-8,10H2,1H3,(H,17,18). The first-order chi connectivity index (χ1) is 9.02. The fourth-order valence-corrected chi connectivity index (χ4v) is 2.57. The Balaban J connectivity index is 2.35. The molecule has 0 saturated carbocycles. The molecule has 0 amide bonds. The molecule has 1 heterocycles. The van der Waals surface area contributed by atoms with Crippen molar-refractivity contribution >= 4 is 5.97 Å². The number of halogens is 1. The number of carboxylic acids is 1. The summed E-state index contributed by atoms with van der Waals surface area (Å²) in [5.41, 5.74) is -0.0191. The number of carboxylic acid groups (broad SMARTS) is 1. The van der Waals surface area contributed by atoms with E-state index in [1.807, 2.05) is 6.92 Å². The van der Waals surface area contributed by atoms with E-state index in [9.17, 15) is 9.18 Å². The molecule has 1 aromatic rings. The van der Waals surface area contributed by atoms with Crippen molar-refractivity contribution in [3.05, 3.63) is 35.6 Å². The summed E-state index contributed by atoms with van der Waals surface area (Å²) in [5, 5.41) is 9.16. The van der Waals surface area contributed by atoms with E-state index >= 15 is 0 Å². The van der Waals surface area contributed by atoms with Crippen molar-refractivity contribution in [2.45, 2.75) is 18.9 Å². The molecule has 4 nitrogen and oxygen atoms in total. The lowest BCUT2D eigenvalue weighted by Gasteiger charge is -2.43. The summed E-state index contributed by atoms with van der Waals surface area (Å²) in [5.74, 6) is -1.24. The van der Waals surface area contributed by atoms with Crippen LogP contribution in [-0.2, 0) is 15.1 Å². The highest BCUT2D eigenvalue weighted by molar-refractivity contribution is 5.68. The maximum Gasteiger partial charge on any atom is 0.305 e. The summed E-state index contributed by atoms with van der Waals surface area (Å²) in [6.45, 7) is 4.30. The Bertz CT molecular complexity index is 460. The van der Waals surface area contributed by atoms with Gasteiger partial charge in [-0.05, 0) is 24.6 Å². The van der Waals surface area contributed by atoms with Gasteiger partial charge in [-0.15, -0.1) is 0 Å². The van der Waals surface area contributed by atoms with E-state index in [0.29, 0.717) is 31.9 Å². The third-order valence-corrected chi connectivity index (χ3v) is 3.65. The smallest absolute Gasteiger partial charge is 0.305 e. The molecule has 104 valence electrons. The Labute approximate surface area is 111 Å². The zero-order valence-electron chi connectivity index (χ0n) is 10.9.